The van der Waals surface area contributed by atoms with Crippen molar-refractivity contribution in [3.8, 4) is 17.0 Å². The normalized spacial score (nSPS) is 15.6. The fourth-order valence-corrected chi connectivity index (χ4v) is 6.62. The van der Waals surface area contributed by atoms with Crippen molar-refractivity contribution in [3.63, 3.8) is 0 Å². The van der Waals surface area contributed by atoms with E-state index in [4.69, 9.17) is 4.42 Å². The molecule has 0 saturated heterocycles. The van der Waals surface area contributed by atoms with E-state index in [9.17, 15) is 23.1 Å². The molecule has 0 atom stereocenters. The standard InChI is InChI=1S/C30H31N3O6S/c1-4-14-32(2)40(37,38)31-29(34)20-10-12-25-26(17-20)33-18-22(30(35)36)15-21-16-23(39-3)11-13-24(21)28(33)27(25)19-8-6-5-7-9-19/h4,10-13,15-17,19H,1,3,5-9,14,18H2,2H3,(H-,31,34,35,36)/p+1. The smallest absolute Gasteiger partial charge is 0.352 e. The number of nitrogens with one attached hydrogen (secondary N) is 1. The summed E-state index contributed by atoms with van der Waals surface area (Å²) in [5.74, 6) is -1.04. The Morgan fingerprint density at radius 1 is 1.18 bits per heavy atom. The first-order chi connectivity index (χ1) is 19.1. The number of benzene rings is 2. The van der Waals surface area contributed by atoms with Gasteiger partial charge in [0.2, 0.25) is 0 Å². The number of aromatic nitrogens is 1. The van der Waals surface area contributed by atoms with Gasteiger partial charge in [-0.2, -0.15) is 12.7 Å². The number of rotatable bonds is 8. The quantitative estimate of drug-likeness (QED) is 0.296. The van der Waals surface area contributed by atoms with Gasteiger partial charge in [0.1, 0.15) is 0 Å². The average Bonchev–Trinajstić information content (AvgIpc) is 3.15. The van der Waals surface area contributed by atoms with Gasteiger partial charge < -0.3 is 9.67 Å². The van der Waals surface area contributed by atoms with Gasteiger partial charge in [0.15, 0.2) is 0 Å². The third kappa shape index (κ3) is 5.00. The summed E-state index contributed by atoms with van der Waals surface area (Å²) in [4.78, 5) is 25.4. The topological polar surface area (TPSA) is 120 Å². The van der Waals surface area contributed by atoms with Gasteiger partial charge in [-0.05, 0) is 54.2 Å². The fraction of sp³-hybridized carbons (Fsp3) is 0.300. The molecule has 0 spiro atoms. The molecule has 1 aromatic heterocycles. The third-order valence-corrected chi connectivity index (χ3v) is 9.19. The molecule has 2 N–H and O–H groups in total. The second kappa shape index (κ2) is 10.9. The molecule has 1 fully saturated rings. The molecule has 0 bridgehead atoms. The first-order valence-corrected chi connectivity index (χ1v) is 14.6. The van der Waals surface area contributed by atoms with Crippen LogP contribution in [0.1, 0.15) is 59.5 Å². The van der Waals surface area contributed by atoms with Gasteiger partial charge in [0.25, 0.3) is 12.7 Å². The van der Waals surface area contributed by atoms with Crippen molar-refractivity contribution in [2.75, 3.05) is 13.6 Å². The Kier molecular flexibility index (Phi) is 7.48. The van der Waals surface area contributed by atoms with E-state index in [0.29, 0.717) is 16.8 Å². The highest BCUT2D eigenvalue weighted by atomic mass is 32.2. The van der Waals surface area contributed by atoms with Gasteiger partial charge >= 0.3 is 21.9 Å². The van der Waals surface area contributed by atoms with Crippen molar-refractivity contribution in [1.29, 1.82) is 0 Å². The Labute approximate surface area is 233 Å². The summed E-state index contributed by atoms with van der Waals surface area (Å²) in [6.45, 7) is 7.16. The largest absolute Gasteiger partial charge is 0.478 e. The maximum absolute atomic E-state index is 13.1. The van der Waals surface area contributed by atoms with Crippen LogP contribution in [0.2, 0.25) is 0 Å². The van der Waals surface area contributed by atoms with Gasteiger partial charge in [0, 0.05) is 41.7 Å². The zero-order valence-corrected chi connectivity index (χ0v) is 23.2. The highest BCUT2D eigenvalue weighted by molar-refractivity contribution is 7.87. The summed E-state index contributed by atoms with van der Waals surface area (Å²) < 4.78 is 35.5. The first-order valence-electron chi connectivity index (χ1n) is 13.2. The van der Waals surface area contributed by atoms with Crippen molar-refractivity contribution in [2.45, 2.75) is 44.6 Å². The Hall–Kier alpha value is -4.02. The second-order valence-electron chi connectivity index (χ2n) is 10.3. The molecular formula is C30H32N3O6S+. The summed E-state index contributed by atoms with van der Waals surface area (Å²) >= 11 is 0. The zero-order chi connectivity index (χ0) is 28.6. The molecule has 1 amide bonds. The summed E-state index contributed by atoms with van der Waals surface area (Å²) in [6, 6.07) is 10.6. The Morgan fingerprint density at radius 2 is 1.93 bits per heavy atom. The third-order valence-electron chi connectivity index (χ3n) is 7.78. The predicted molar refractivity (Wildman–Crippen MR) is 155 cm³/mol. The van der Waals surface area contributed by atoms with E-state index < -0.39 is 22.1 Å². The minimum atomic E-state index is -4.07. The van der Waals surface area contributed by atoms with Crippen LogP contribution in [-0.4, -0.2) is 54.7 Å². The second-order valence-corrected chi connectivity index (χ2v) is 12.1. The Balaban J connectivity index is 1.72. The number of likely N-dealkylation sites (N-methyl/N-ethyl adjacent to an activating group) is 1. The molecule has 40 heavy (non-hydrogen) atoms. The average molecular weight is 563 g/mol. The highest BCUT2D eigenvalue weighted by Gasteiger charge is 2.31. The number of amides is 1. The van der Waals surface area contributed by atoms with E-state index in [2.05, 4.69) is 18.1 Å². The predicted octanol–water partition coefficient (Wildman–Crippen LogP) is 5.01. The summed E-state index contributed by atoms with van der Waals surface area (Å²) in [5.41, 5.74) is 4.64. The number of hydrogen-bond donors (Lipinski definition) is 2. The van der Waals surface area contributed by atoms with E-state index in [0.717, 1.165) is 52.2 Å². The van der Waals surface area contributed by atoms with Crippen molar-refractivity contribution in [3.05, 3.63) is 71.3 Å². The molecule has 1 saturated carbocycles. The number of fused-ring (bicyclic) bond motifs is 5. The van der Waals surface area contributed by atoms with E-state index in [1.165, 1.54) is 19.5 Å². The Bertz CT molecular complexity index is 1680. The van der Waals surface area contributed by atoms with E-state index >= 15 is 0 Å². The number of aliphatic carboxylic acids is 1. The molecule has 1 aliphatic carbocycles. The molecule has 9 nitrogen and oxygen atoms in total. The van der Waals surface area contributed by atoms with Crippen LogP contribution in [0.3, 0.4) is 0 Å². The minimum absolute atomic E-state index is 0.0448. The van der Waals surface area contributed by atoms with Crippen molar-refractivity contribution in [2.24, 2.45) is 0 Å². The highest BCUT2D eigenvalue weighted by Crippen LogP contribution is 2.47. The van der Waals surface area contributed by atoms with E-state index in [1.807, 2.05) is 22.8 Å². The molecule has 5 rings (SSSR count). The molecular weight excluding hydrogens is 530 g/mol. The lowest BCUT2D eigenvalue weighted by Crippen LogP contribution is -2.41. The molecule has 10 heteroatoms. The molecule has 0 radical (unpaired) electrons. The van der Waals surface area contributed by atoms with Gasteiger partial charge in [0.05, 0.1) is 23.9 Å². The van der Waals surface area contributed by atoms with E-state index in [-0.39, 0.29) is 30.1 Å². The number of carbonyl (C=O) groups excluding carboxylic acids is 2. The maximum atomic E-state index is 13.1. The van der Waals surface area contributed by atoms with Crippen LogP contribution < -0.4 is 4.72 Å². The number of carboxylic acid groups (broad SMARTS) is 1. The number of carbonyl (C=O) groups is 2. The van der Waals surface area contributed by atoms with Crippen molar-refractivity contribution < 1.29 is 27.5 Å². The van der Waals surface area contributed by atoms with Gasteiger partial charge in [-0.15, -0.1) is 6.58 Å². The van der Waals surface area contributed by atoms with Gasteiger partial charge in [-0.25, -0.2) is 13.9 Å². The monoisotopic (exact) mass is 562 g/mol. The minimum Gasteiger partial charge on any atom is -0.478 e. The molecule has 1 aliphatic heterocycles. The Morgan fingerprint density at radius 3 is 2.60 bits per heavy atom. The van der Waals surface area contributed by atoms with Crippen LogP contribution in [0, 0.1) is 0 Å². The van der Waals surface area contributed by atoms with Crippen LogP contribution in [0.25, 0.3) is 28.2 Å². The van der Waals surface area contributed by atoms with Crippen molar-refractivity contribution in [1.82, 2.24) is 13.6 Å². The number of carboxylic acids is 1. The first kappa shape index (κ1) is 27.5. The molecule has 2 aliphatic rings. The number of hydrogen-bond acceptors (Lipinski definition) is 4. The van der Waals surface area contributed by atoms with Gasteiger partial charge in [-0.3, -0.25) is 4.79 Å². The summed E-state index contributed by atoms with van der Waals surface area (Å²) in [5, 5.41) is 11.0. The molecule has 2 heterocycles. The lowest BCUT2D eigenvalue weighted by molar-refractivity contribution is -0.354. The van der Waals surface area contributed by atoms with Crippen LogP contribution in [-0.2, 0) is 26.0 Å². The van der Waals surface area contributed by atoms with E-state index in [1.54, 1.807) is 24.3 Å². The molecule has 208 valence electrons. The summed E-state index contributed by atoms with van der Waals surface area (Å²) in [7, 11) is -2.72. The zero-order valence-electron chi connectivity index (χ0n) is 22.4. The van der Waals surface area contributed by atoms with Crippen molar-refractivity contribution >= 4 is 45.9 Å². The lowest BCUT2D eigenvalue weighted by atomic mass is 9.81. The fourth-order valence-electron chi connectivity index (χ4n) is 5.81. The molecule has 3 aromatic rings. The maximum Gasteiger partial charge on any atom is 0.352 e. The van der Waals surface area contributed by atoms with Crippen LogP contribution in [0.15, 0.2) is 54.6 Å². The molecule has 2 aromatic carbocycles. The number of nitrogens with zero attached hydrogens (tertiary/aromatic N) is 2. The van der Waals surface area contributed by atoms with Crippen LogP contribution in [0.4, 0.5) is 0 Å². The van der Waals surface area contributed by atoms with Crippen LogP contribution in [0.5, 0.6) is 5.75 Å². The summed E-state index contributed by atoms with van der Waals surface area (Å²) in [6.07, 6.45) is 8.49. The van der Waals surface area contributed by atoms with Crippen LogP contribution >= 0.6 is 0 Å². The molecule has 0 unspecified atom stereocenters. The van der Waals surface area contributed by atoms with Gasteiger partial charge in [-0.1, -0.05) is 31.4 Å². The lowest BCUT2D eigenvalue weighted by Gasteiger charge is -2.23. The SMILES string of the molecule is C=CCN(C)S(=O)(=O)NC(=O)c1ccc2c(C3CCCCC3)c3n(c2c1)CC(C(=O)O)=Cc1cc([O+]=C)ccc1-3.